The fourth-order valence-corrected chi connectivity index (χ4v) is 3.33. The molecule has 0 saturated carbocycles. The summed E-state index contributed by atoms with van der Waals surface area (Å²) in [6.07, 6.45) is 7.54. The van der Waals surface area contributed by atoms with Crippen LogP contribution in [0.15, 0.2) is 36.8 Å². The van der Waals surface area contributed by atoms with E-state index in [0.717, 1.165) is 29.9 Å². The molecular formula is C18H20N4. The van der Waals surface area contributed by atoms with E-state index in [9.17, 15) is 0 Å². The number of rotatable bonds is 2. The van der Waals surface area contributed by atoms with Crippen LogP contribution < -0.4 is 4.90 Å². The van der Waals surface area contributed by atoms with Crippen LogP contribution >= 0.6 is 0 Å². The molecule has 0 spiro atoms. The number of H-pyrrole nitrogens is 1. The lowest BCUT2D eigenvalue weighted by molar-refractivity contribution is 0.574. The summed E-state index contributed by atoms with van der Waals surface area (Å²) in [7, 11) is 0. The summed E-state index contributed by atoms with van der Waals surface area (Å²) in [4.78, 5) is 14.7. The number of benzene rings is 1. The Kier molecular flexibility index (Phi) is 3.29. The largest absolute Gasteiger partial charge is 0.356 e. The van der Waals surface area contributed by atoms with E-state index in [0.29, 0.717) is 0 Å². The molecule has 0 aliphatic carbocycles. The second-order valence-electron chi connectivity index (χ2n) is 6.04. The average Bonchev–Trinajstić information content (AvgIpc) is 3.00. The first-order valence-electron chi connectivity index (χ1n) is 7.97. The summed E-state index contributed by atoms with van der Waals surface area (Å²) in [6.45, 7) is 4.30. The molecule has 1 N–H and O–H groups in total. The van der Waals surface area contributed by atoms with Crippen LogP contribution in [-0.4, -0.2) is 28.0 Å². The molecule has 3 aromatic rings. The monoisotopic (exact) mass is 292 g/mol. The van der Waals surface area contributed by atoms with Crippen molar-refractivity contribution in [1.82, 2.24) is 15.0 Å². The maximum absolute atomic E-state index is 4.61. The second kappa shape index (κ2) is 5.44. The fraction of sp³-hybridized carbons (Fsp3) is 0.333. The Morgan fingerprint density at radius 1 is 1.09 bits per heavy atom. The first kappa shape index (κ1) is 13.3. The van der Waals surface area contributed by atoms with Crippen LogP contribution in [0.4, 0.5) is 5.82 Å². The number of aromatic nitrogens is 3. The van der Waals surface area contributed by atoms with Gasteiger partial charge in [-0.2, -0.15) is 0 Å². The first-order chi connectivity index (χ1) is 10.8. The summed E-state index contributed by atoms with van der Waals surface area (Å²) < 4.78 is 0. The highest BCUT2D eigenvalue weighted by Gasteiger charge is 2.19. The molecule has 1 aromatic carbocycles. The van der Waals surface area contributed by atoms with E-state index in [4.69, 9.17) is 0 Å². The number of piperidine rings is 1. The first-order valence-corrected chi connectivity index (χ1v) is 7.97. The van der Waals surface area contributed by atoms with Crippen molar-refractivity contribution in [3.05, 3.63) is 42.4 Å². The molecule has 0 atom stereocenters. The summed E-state index contributed by atoms with van der Waals surface area (Å²) in [5.41, 5.74) is 4.61. The number of nitrogens with one attached hydrogen (secondary N) is 1. The molecule has 0 unspecified atom stereocenters. The number of nitrogens with zero attached hydrogens (tertiary/aromatic N) is 3. The Balaban J connectivity index is 1.89. The second-order valence-corrected chi connectivity index (χ2v) is 6.04. The molecule has 0 radical (unpaired) electrons. The van der Waals surface area contributed by atoms with Gasteiger partial charge in [0.05, 0.1) is 5.39 Å². The van der Waals surface area contributed by atoms with Crippen molar-refractivity contribution < 1.29 is 0 Å². The molecule has 3 heterocycles. The van der Waals surface area contributed by atoms with Gasteiger partial charge in [0.15, 0.2) is 0 Å². The van der Waals surface area contributed by atoms with E-state index in [1.807, 2.05) is 0 Å². The van der Waals surface area contributed by atoms with Crippen molar-refractivity contribution in [3.63, 3.8) is 0 Å². The molecule has 112 valence electrons. The van der Waals surface area contributed by atoms with Crippen molar-refractivity contribution in [2.24, 2.45) is 0 Å². The Morgan fingerprint density at radius 3 is 2.77 bits per heavy atom. The summed E-state index contributed by atoms with van der Waals surface area (Å²) >= 11 is 0. The molecular weight excluding hydrogens is 272 g/mol. The van der Waals surface area contributed by atoms with Gasteiger partial charge in [-0.1, -0.05) is 29.8 Å². The zero-order valence-corrected chi connectivity index (χ0v) is 12.8. The Hall–Kier alpha value is -2.36. The van der Waals surface area contributed by atoms with Crippen molar-refractivity contribution in [2.45, 2.75) is 26.2 Å². The molecule has 4 nitrogen and oxygen atoms in total. The molecule has 22 heavy (non-hydrogen) atoms. The van der Waals surface area contributed by atoms with Gasteiger partial charge in [0.2, 0.25) is 0 Å². The van der Waals surface area contributed by atoms with Gasteiger partial charge in [0, 0.05) is 24.8 Å². The van der Waals surface area contributed by atoms with Crippen molar-refractivity contribution in [3.8, 4) is 11.1 Å². The van der Waals surface area contributed by atoms with Gasteiger partial charge >= 0.3 is 0 Å². The minimum Gasteiger partial charge on any atom is -0.356 e. The minimum absolute atomic E-state index is 0.923. The number of hydrogen-bond donors (Lipinski definition) is 1. The van der Waals surface area contributed by atoms with Gasteiger partial charge in [-0.3, -0.25) is 0 Å². The normalized spacial score (nSPS) is 15.4. The van der Waals surface area contributed by atoms with Crippen LogP contribution in [0.3, 0.4) is 0 Å². The molecule has 1 fully saturated rings. The van der Waals surface area contributed by atoms with Crippen molar-refractivity contribution in [1.29, 1.82) is 0 Å². The predicted molar refractivity (Wildman–Crippen MR) is 90.1 cm³/mol. The summed E-state index contributed by atoms with van der Waals surface area (Å²) in [5.74, 6) is 1.07. The number of aromatic amines is 1. The molecule has 4 heteroatoms. The molecule has 0 amide bonds. The standard InChI is InChI=1S/C18H20N4/c1-13-6-5-7-14(10-13)15-11-19-17-16(15)18(21-12-20-17)22-8-3-2-4-9-22/h5-7,10-12H,2-4,8-9H2,1H3,(H,19,20,21). The van der Waals surface area contributed by atoms with Crippen LogP contribution in [0.2, 0.25) is 0 Å². The van der Waals surface area contributed by atoms with E-state index >= 15 is 0 Å². The van der Waals surface area contributed by atoms with Gasteiger partial charge in [-0.15, -0.1) is 0 Å². The lowest BCUT2D eigenvalue weighted by atomic mass is 10.0. The van der Waals surface area contributed by atoms with Gasteiger partial charge in [0.1, 0.15) is 17.8 Å². The lowest BCUT2D eigenvalue weighted by Gasteiger charge is -2.28. The molecule has 0 bridgehead atoms. The van der Waals surface area contributed by atoms with E-state index in [1.165, 1.54) is 36.0 Å². The molecule has 2 aromatic heterocycles. The summed E-state index contributed by atoms with van der Waals surface area (Å²) in [6, 6.07) is 8.60. The Morgan fingerprint density at radius 2 is 1.95 bits per heavy atom. The Labute approximate surface area is 130 Å². The van der Waals surface area contributed by atoms with E-state index < -0.39 is 0 Å². The van der Waals surface area contributed by atoms with Gasteiger partial charge < -0.3 is 9.88 Å². The predicted octanol–water partition coefficient (Wildman–Crippen LogP) is 3.92. The van der Waals surface area contributed by atoms with Crippen molar-refractivity contribution in [2.75, 3.05) is 18.0 Å². The van der Waals surface area contributed by atoms with Crippen LogP contribution in [-0.2, 0) is 0 Å². The zero-order valence-electron chi connectivity index (χ0n) is 12.8. The molecule has 1 saturated heterocycles. The third-order valence-electron chi connectivity index (χ3n) is 4.43. The van der Waals surface area contributed by atoms with Gasteiger partial charge in [-0.25, -0.2) is 9.97 Å². The van der Waals surface area contributed by atoms with E-state index in [1.54, 1.807) is 6.33 Å². The quantitative estimate of drug-likeness (QED) is 0.778. The smallest absolute Gasteiger partial charge is 0.143 e. The third-order valence-corrected chi connectivity index (χ3v) is 4.43. The highest BCUT2D eigenvalue weighted by Crippen LogP contribution is 2.34. The Bertz CT molecular complexity index is 800. The number of fused-ring (bicyclic) bond motifs is 1. The van der Waals surface area contributed by atoms with E-state index in [2.05, 4.69) is 57.2 Å². The molecule has 4 rings (SSSR count). The highest BCUT2D eigenvalue weighted by atomic mass is 15.2. The van der Waals surface area contributed by atoms with Gasteiger partial charge in [-0.05, 0) is 31.7 Å². The topological polar surface area (TPSA) is 44.8 Å². The van der Waals surface area contributed by atoms with Crippen LogP contribution in [0, 0.1) is 6.92 Å². The maximum atomic E-state index is 4.61. The summed E-state index contributed by atoms with van der Waals surface area (Å²) in [5, 5.41) is 1.15. The average molecular weight is 292 g/mol. The lowest BCUT2D eigenvalue weighted by Crippen LogP contribution is -2.30. The number of aryl methyl sites for hydroxylation is 1. The molecule has 1 aliphatic rings. The van der Waals surface area contributed by atoms with Crippen LogP contribution in [0.5, 0.6) is 0 Å². The third kappa shape index (κ3) is 2.25. The van der Waals surface area contributed by atoms with Crippen molar-refractivity contribution >= 4 is 16.9 Å². The SMILES string of the molecule is Cc1cccc(-c2c[nH]c3ncnc(N4CCCCC4)c23)c1. The van der Waals surface area contributed by atoms with Crippen LogP contribution in [0.25, 0.3) is 22.2 Å². The highest BCUT2D eigenvalue weighted by molar-refractivity contribution is 6.01. The minimum atomic E-state index is 0.923. The molecule has 1 aliphatic heterocycles. The number of anilines is 1. The maximum Gasteiger partial charge on any atom is 0.143 e. The zero-order chi connectivity index (χ0) is 14.9. The van der Waals surface area contributed by atoms with Crippen LogP contribution in [0.1, 0.15) is 24.8 Å². The fourth-order valence-electron chi connectivity index (χ4n) is 3.33. The number of hydrogen-bond acceptors (Lipinski definition) is 3. The van der Waals surface area contributed by atoms with E-state index in [-0.39, 0.29) is 0 Å². The van der Waals surface area contributed by atoms with Gasteiger partial charge in [0.25, 0.3) is 0 Å².